The van der Waals surface area contributed by atoms with Gasteiger partial charge in [-0.25, -0.2) is 0 Å². The summed E-state index contributed by atoms with van der Waals surface area (Å²) in [6, 6.07) is 7.91. The third-order valence-electron chi connectivity index (χ3n) is 3.32. The number of benzene rings is 1. The standard InChI is InChI=1S/C15H21ClN2O2/c1-11(2)17-9-15(19)18-7-8-20-14(10-18)12-3-5-13(16)6-4-12/h3-6,11,14,17H,7-10H2,1-2H3. The maximum atomic E-state index is 12.1. The van der Waals surface area contributed by atoms with Gasteiger partial charge in [0.25, 0.3) is 0 Å². The Labute approximate surface area is 125 Å². The number of rotatable bonds is 4. The molecule has 4 nitrogen and oxygen atoms in total. The average molecular weight is 297 g/mol. The third-order valence-corrected chi connectivity index (χ3v) is 3.57. The smallest absolute Gasteiger partial charge is 0.236 e. The number of morpholine rings is 1. The monoisotopic (exact) mass is 296 g/mol. The minimum atomic E-state index is -0.0657. The SMILES string of the molecule is CC(C)NCC(=O)N1CCOC(c2ccc(Cl)cc2)C1. The van der Waals surface area contributed by atoms with Crippen LogP contribution in [-0.2, 0) is 9.53 Å². The molecule has 5 heteroatoms. The fourth-order valence-electron chi connectivity index (χ4n) is 2.16. The van der Waals surface area contributed by atoms with E-state index in [1.807, 2.05) is 43.0 Å². The molecule has 1 unspecified atom stereocenters. The molecule has 1 N–H and O–H groups in total. The number of ether oxygens (including phenoxy) is 1. The second-order valence-electron chi connectivity index (χ2n) is 5.29. The van der Waals surface area contributed by atoms with E-state index in [0.29, 0.717) is 37.3 Å². The van der Waals surface area contributed by atoms with Gasteiger partial charge in [0.2, 0.25) is 5.91 Å². The van der Waals surface area contributed by atoms with Crippen LogP contribution >= 0.6 is 11.6 Å². The van der Waals surface area contributed by atoms with E-state index in [1.54, 1.807) is 0 Å². The van der Waals surface area contributed by atoms with Crippen molar-refractivity contribution in [3.05, 3.63) is 34.9 Å². The Morgan fingerprint density at radius 2 is 2.15 bits per heavy atom. The Morgan fingerprint density at radius 1 is 1.45 bits per heavy atom. The largest absolute Gasteiger partial charge is 0.370 e. The minimum absolute atomic E-state index is 0.0657. The first-order valence-electron chi connectivity index (χ1n) is 6.94. The number of amides is 1. The molecule has 1 aliphatic heterocycles. The van der Waals surface area contributed by atoms with Crippen molar-refractivity contribution >= 4 is 17.5 Å². The first-order valence-corrected chi connectivity index (χ1v) is 7.32. The fraction of sp³-hybridized carbons (Fsp3) is 0.533. The molecule has 1 aromatic carbocycles. The van der Waals surface area contributed by atoms with Crippen LogP contribution in [0.5, 0.6) is 0 Å². The first kappa shape index (κ1) is 15.3. The summed E-state index contributed by atoms with van der Waals surface area (Å²) in [5, 5.41) is 3.86. The molecule has 0 bridgehead atoms. The molecular weight excluding hydrogens is 276 g/mol. The predicted octanol–water partition coefficient (Wildman–Crippen LogP) is 2.24. The van der Waals surface area contributed by atoms with Crippen molar-refractivity contribution < 1.29 is 9.53 Å². The lowest BCUT2D eigenvalue weighted by atomic mass is 10.1. The van der Waals surface area contributed by atoms with Gasteiger partial charge >= 0.3 is 0 Å². The van der Waals surface area contributed by atoms with Crippen LogP contribution in [0.2, 0.25) is 5.02 Å². The summed E-state index contributed by atoms with van der Waals surface area (Å²) in [5.74, 6) is 0.126. The average Bonchev–Trinajstić information content (AvgIpc) is 2.45. The van der Waals surface area contributed by atoms with Gasteiger partial charge in [-0.05, 0) is 17.7 Å². The molecule has 0 radical (unpaired) electrons. The molecule has 1 fully saturated rings. The van der Waals surface area contributed by atoms with Crippen LogP contribution in [-0.4, -0.2) is 43.1 Å². The predicted molar refractivity (Wildman–Crippen MR) is 79.9 cm³/mol. The summed E-state index contributed by atoms with van der Waals surface area (Å²) in [4.78, 5) is 14.0. The van der Waals surface area contributed by atoms with E-state index in [4.69, 9.17) is 16.3 Å². The normalized spacial score (nSPS) is 19.4. The quantitative estimate of drug-likeness (QED) is 0.926. The topological polar surface area (TPSA) is 41.6 Å². The summed E-state index contributed by atoms with van der Waals surface area (Å²) < 4.78 is 5.75. The molecule has 1 saturated heterocycles. The van der Waals surface area contributed by atoms with Gasteiger partial charge in [-0.1, -0.05) is 37.6 Å². The van der Waals surface area contributed by atoms with Crippen molar-refractivity contribution in [3.63, 3.8) is 0 Å². The molecule has 20 heavy (non-hydrogen) atoms. The second-order valence-corrected chi connectivity index (χ2v) is 5.72. The van der Waals surface area contributed by atoms with Gasteiger partial charge in [0.1, 0.15) is 6.10 Å². The van der Waals surface area contributed by atoms with Gasteiger partial charge in [-0.3, -0.25) is 4.79 Å². The van der Waals surface area contributed by atoms with E-state index in [-0.39, 0.29) is 12.0 Å². The zero-order chi connectivity index (χ0) is 14.5. The molecule has 0 aliphatic carbocycles. The summed E-state index contributed by atoms with van der Waals surface area (Å²) in [7, 11) is 0. The van der Waals surface area contributed by atoms with Crippen molar-refractivity contribution in [2.24, 2.45) is 0 Å². The van der Waals surface area contributed by atoms with Crippen molar-refractivity contribution in [3.8, 4) is 0 Å². The lowest BCUT2D eigenvalue weighted by Crippen LogP contribution is -2.46. The molecule has 1 aromatic rings. The first-order chi connectivity index (χ1) is 9.56. The highest BCUT2D eigenvalue weighted by Gasteiger charge is 2.25. The molecule has 2 rings (SSSR count). The molecule has 1 atom stereocenters. The summed E-state index contributed by atoms with van der Waals surface area (Å²) in [6.45, 7) is 6.26. The summed E-state index contributed by atoms with van der Waals surface area (Å²) in [6.07, 6.45) is -0.0657. The zero-order valence-corrected chi connectivity index (χ0v) is 12.7. The maximum Gasteiger partial charge on any atom is 0.236 e. The lowest BCUT2D eigenvalue weighted by molar-refractivity contribution is -0.138. The summed E-state index contributed by atoms with van der Waals surface area (Å²) >= 11 is 5.89. The van der Waals surface area contributed by atoms with Gasteiger partial charge in [0.05, 0.1) is 19.7 Å². The van der Waals surface area contributed by atoms with Crippen LogP contribution in [0.1, 0.15) is 25.5 Å². The maximum absolute atomic E-state index is 12.1. The molecule has 0 saturated carbocycles. The minimum Gasteiger partial charge on any atom is -0.370 e. The van der Waals surface area contributed by atoms with Crippen molar-refractivity contribution in [2.45, 2.75) is 26.0 Å². The second kappa shape index (κ2) is 7.07. The Balaban J connectivity index is 1.94. The number of hydrogen-bond acceptors (Lipinski definition) is 3. The number of carbonyl (C=O) groups is 1. The van der Waals surface area contributed by atoms with E-state index in [1.165, 1.54) is 0 Å². The van der Waals surface area contributed by atoms with Crippen molar-refractivity contribution in [1.29, 1.82) is 0 Å². The number of nitrogens with one attached hydrogen (secondary N) is 1. The third kappa shape index (κ3) is 4.20. The molecule has 1 aliphatic rings. The molecular formula is C15H21ClN2O2. The Bertz CT molecular complexity index is 448. The number of carbonyl (C=O) groups excluding carboxylic acids is 1. The Kier molecular flexibility index (Phi) is 5.40. The van der Waals surface area contributed by atoms with Gasteiger partial charge in [-0.2, -0.15) is 0 Å². The molecule has 110 valence electrons. The van der Waals surface area contributed by atoms with Crippen LogP contribution < -0.4 is 5.32 Å². The van der Waals surface area contributed by atoms with E-state index in [9.17, 15) is 4.79 Å². The zero-order valence-electron chi connectivity index (χ0n) is 11.9. The fourth-order valence-corrected chi connectivity index (χ4v) is 2.28. The van der Waals surface area contributed by atoms with Crippen LogP contribution in [0.25, 0.3) is 0 Å². The molecule has 1 amide bonds. The van der Waals surface area contributed by atoms with Gasteiger partial charge in [-0.15, -0.1) is 0 Å². The van der Waals surface area contributed by atoms with E-state index in [0.717, 1.165) is 5.56 Å². The Morgan fingerprint density at radius 3 is 2.80 bits per heavy atom. The summed E-state index contributed by atoms with van der Waals surface area (Å²) in [5.41, 5.74) is 1.06. The Hall–Kier alpha value is -1.10. The highest BCUT2D eigenvalue weighted by atomic mass is 35.5. The number of halogens is 1. The van der Waals surface area contributed by atoms with Crippen molar-refractivity contribution in [2.75, 3.05) is 26.2 Å². The number of hydrogen-bond donors (Lipinski definition) is 1. The van der Waals surface area contributed by atoms with E-state index >= 15 is 0 Å². The van der Waals surface area contributed by atoms with Crippen molar-refractivity contribution in [1.82, 2.24) is 10.2 Å². The van der Waals surface area contributed by atoms with Crippen LogP contribution in [0, 0.1) is 0 Å². The lowest BCUT2D eigenvalue weighted by Gasteiger charge is -2.33. The number of nitrogens with zero attached hydrogens (tertiary/aromatic N) is 1. The highest BCUT2D eigenvalue weighted by molar-refractivity contribution is 6.30. The van der Waals surface area contributed by atoms with Gasteiger partial charge in [0.15, 0.2) is 0 Å². The van der Waals surface area contributed by atoms with Crippen LogP contribution in [0.4, 0.5) is 0 Å². The van der Waals surface area contributed by atoms with Gasteiger partial charge in [0, 0.05) is 17.6 Å². The molecule has 0 spiro atoms. The van der Waals surface area contributed by atoms with E-state index < -0.39 is 0 Å². The molecule has 0 aromatic heterocycles. The van der Waals surface area contributed by atoms with Crippen LogP contribution in [0.3, 0.4) is 0 Å². The van der Waals surface area contributed by atoms with Crippen LogP contribution in [0.15, 0.2) is 24.3 Å². The van der Waals surface area contributed by atoms with Gasteiger partial charge < -0.3 is 15.0 Å². The highest BCUT2D eigenvalue weighted by Crippen LogP contribution is 2.23. The molecule has 1 heterocycles. The van der Waals surface area contributed by atoms with E-state index in [2.05, 4.69) is 5.32 Å².